The molecule has 0 fully saturated rings. The van der Waals surface area contributed by atoms with Gasteiger partial charge >= 0.3 is 0 Å². The Balaban J connectivity index is 1.86. The van der Waals surface area contributed by atoms with Crippen molar-refractivity contribution in [3.63, 3.8) is 0 Å². The number of methoxy groups -OCH3 is 2. The standard InChI is InChI=1S/C38H50N2O4/c1-5-7-9-11-13-15-25-39-35-27-34(30-19-23-32(44-4)24-20-30)38(42)40(26-16-14-12-10-8-6-2)36(35)28-33(37(39)41)29-17-21-31(43-3)22-18-29/h17-24,27-28H,5-16,25-26H2,1-4H3. The monoisotopic (exact) mass is 598 g/mol. The summed E-state index contributed by atoms with van der Waals surface area (Å²) in [6.07, 6.45) is 13.6. The van der Waals surface area contributed by atoms with E-state index in [1.165, 1.54) is 51.4 Å². The molecule has 2 aromatic heterocycles. The summed E-state index contributed by atoms with van der Waals surface area (Å²) in [6, 6.07) is 19.1. The van der Waals surface area contributed by atoms with E-state index >= 15 is 0 Å². The number of aryl methyl sites for hydroxylation is 2. The molecule has 6 heteroatoms. The second-order valence-electron chi connectivity index (χ2n) is 11.8. The lowest BCUT2D eigenvalue weighted by Gasteiger charge is -2.19. The molecule has 0 N–H and O–H groups in total. The quantitative estimate of drug-likeness (QED) is 0.107. The molecule has 44 heavy (non-hydrogen) atoms. The molecule has 2 heterocycles. The highest BCUT2D eigenvalue weighted by atomic mass is 16.5. The van der Waals surface area contributed by atoms with Gasteiger partial charge in [-0.15, -0.1) is 0 Å². The van der Waals surface area contributed by atoms with Gasteiger partial charge in [0.15, 0.2) is 0 Å². The minimum atomic E-state index is -0.0262. The predicted molar refractivity (Wildman–Crippen MR) is 183 cm³/mol. The fourth-order valence-corrected chi connectivity index (χ4v) is 5.99. The maximum absolute atomic E-state index is 14.2. The lowest BCUT2D eigenvalue weighted by molar-refractivity contribution is 0.415. The van der Waals surface area contributed by atoms with Crippen molar-refractivity contribution in [2.45, 2.75) is 104 Å². The number of rotatable bonds is 18. The Labute approximate surface area is 262 Å². The van der Waals surface area contributed by atoms with Gasteiger partial charge in [0.2, 0.25) is 0 Å². The minimum absolute atomic E-state index is 0.0262. The highest BCUT2D eigenvalue weighted by Crippen LogP contribution is 2.27. The SMILES string of the molecule is CCCCCCCCn1c(=O)c(-c2ccc(OC)cc2)cc2c1cc(-c1ccc(OC)cc1)c(=O)n2CCCCCCCC. The van der Waals surface area contributed by atoms with Gasteiger partial charge in [0.25, 0.3) is 11.1 Å². The third-order valence-corrected chi connectivity index (χ3v) is 8.63. The number of aromatic nitrogens is 2. The zero-order valence-electron chi connectivity index (χ0n) is 27.2. The Hall–Kier alpha value is -3.80. The average molecular weight is 599 g/mol. The number of unbranched alkanes of at least 4 members (excludes halogenated alkanes) is 10. The van der Waals surface area contributed by atoms with E-state index in [0.29, 0.717) is 24.2 Å². The number of ether oxygens (including phenoxy) is 2. The minimum Gasteiger partial charge on any atom is -0.497 e. The summed E-state index contributed by atoms with van der Waals surface area (Å²) in [4.78, 5) is 28.4. The molecule has 0 bridgehead atoms. The van der Waals surface area contributed by atoms with Crippen LogP contribution >= 0.6 is 0 Å². The van der Waals surface area contributed by atoms with Crippen molar-refractivity contribution in [2.24, 2.45) is 0 Å². The van der Waals surface area contributed by atoms with E-state index < -0.39 is 0 Å². The summed E-state index contributed by atoms with van der Waals surface area (Å²) in [6.45, 7) is 5.68. The van der Waals surface area contributed by atoms with E-state index in [1.54, 1.807) is 14.2 Å². The van der Waals surface area contributed by atoms with Crippen LogP contribution in [0.5, 0.6) is 11.5 Å². The fraction of sp³-hybridized carbons (Fsp3) is 0.474. The van der Waals surface area contributed by atoms with Gasteiger partial charge in [-0.3, -0.25) is 9.59 Å². The molecule has 0 unspecified atom stereocenters. The summed E-state index contributed by atoms with van der Waals surface area (Å²) < 4.78 is 14.6. The molecule has 6 nitrogen and oxygen atoms in total. The first-order chi connectivity index (χ1) is 21.5. The lowest BCUT2D eigenvalue weighted by Crippen LogP contribution is -2.28. The van der Waals surface area contributed by atoms with E-state index in [9.17, 15) is 9.59 Å². The Morgan fingerprint density at radius 1 is 0.500 bits per heavy atom. The van der Waals surface area contributed by atoms with Gasteiger partial charge < -0.3 is 18.6 Å². The molecule has 4 rings (SSSR count). The highest BCUT2D eigenvalue weighted by Gasteiger charge is 2.18. The first kappa shape index (κ1) is 33.1. The maximum Gasteiger partial charge on any atom is 0.259 e. The van der Waals surface area contributed by atoms with Gasteiger partial charge in [-0.1, -0.05) is 102 Å². The van der Waals surface area contributed by atoms with Crippen LogP contribution in [0.4, 0.5) is 0 Å². The van der Waals surface area contributed by atoms with Crippen LogP contribution in [0.25, 0.3) is 33.3 Å². The third kappa shape index (κ3) is 8.22. The number of fused-ring (bicyclic) bond motifs is 1. The predicted octanol–water partition coefficient (Wildman–Crippen LogP) is 9.24. The Morgan fingerprint density at radius 2 is 0.841 bits per heavy atom. The zero-order chi connectivity index (χ0) is 31.3. The average Bonchev–Trinajstić information content (AvgIpc) is 3.05. The summed E-state index contributed by atoms with van der Waals surface area (Å²) >= 11 is 0. The topological polar surface area (TPSA) is 62.5 Å². The number of nitrogens with zero attached hydrogens (tertiary/aromatic N) is 2. The first-order valence-electron chi connectivity index (χ1n) is 16.6. The van der Waals surface area contributed by atoms with Gasteiger partial charge in [0.05, 0.1) is 25.3 Å². The van der Waals surface area contributed by atoms with Crippen LogP contribution < -0.4 is 20.6 Å². The van der Waals surface area contributed by atoms with Crippen molar-refractivity contribution in [1.82, 2.24) is 9.13 Å². The number of hydrogen-bond donors (Lipinski definition) is 0. The summed E-state index contributed by atoms with van der Waals surface area (Å²) in [5, 5.41) is 0. The van der Waals surface area contributed by atoms with E-state index in [0.717, 1.165) is 59.3 Å². The molecule has 0 amide bonds. The van der Waals surface area contributed by atoms with Crippen LogP contribution in [0.2, 0.25) is 0 Å². The van der Waals surface area contributed by atoms with Crippen molar-refractivity contribution in [1.29, 1.82) is 0 Å². The van der Waals surface area contributed by atoms with Crippen LogP contribution in [-0.4, -0.2) is 23.4 Å². The number of pyridine rings is 2. The molecular formula is C38H50N2O4. The lowest BCUT2D eigenvalue weighted by atomic mass is 10.0. The molecule has 0 aliphatic heterocycles. The molecule has 0 spiro atoms. The molecule has 2 aromatic carbocycles. The number of hydrogen-bond acceptors (Lipinski definition) is 4. The fourth-order valence-electron chi connectivity index (χ4n) is 5.99. The van der Waals surface area contributed by atoms with Gasteiger partial charge in [0.1, 0.15) is 11.5 Å². The number of benzene rings is 2. The van der Waals surface area contributed by atoms with Crippen molar-refractivity contribution in [3.8, 4) is 33.8 Å². The molecular weight excluding hydrogens is 548 g/mol. The molecule has 236 valence electrons. The summed E-state index contributed by atoms with van der Waals surface area (Å²) in [5.74, 6) is 1.48. The van der Waals surface area contributed by atoms with E-state index in [4.69, 9.17) is 9.47 Å². The first-order valence-corrected chi connectivity index (χ1v) is 16.6. The van der Waals surface area contributed by atoms with Crippen LogP contribution in [0.3, 0.4) is 0 Å². The Morgan fingerprint density at radius 3 is 1.18 bits per heavy atom. The molecule has 0 aliphatic carbocycles. The largest absolute Gasteiger partial charge is 0.497 e. The van der Waals surface area contributed by atoms with Crippen LogP contribution in [0.15, 0.2) is 70.3 Å². The summed E-state index contributed by atoms with van der Waals surface area (Å²) in [7, 11) is 3.28. The molecule has 0 saturated carbocycles. The molecule has 0 atom stereocenters. The van der Waals surface area contributed by atoms with E-state index in [2.05, 4.69) is 13.8 Å². The van der Waals surface area contributed by atoms with E-state index in [-0.39, 0.29) is 11.1 Å². The molecule has 0 saturated heterocycles. The van der Waals surface area contributed by atoms with Crippen LogP contribution in [0.1, 0.15) is 90.9 Å². The smallest absolute Gasteiger partial charge is 0.259 e. The van der Waals surface area contributed by atoms with Crippen LogP contribution in [-0.2, 0) is 13.1 Å². The van der Waals surface area contributed by atoms with Crippen molar-refractivity contribution < 1.29 is 9.47 Å². The zero-order valence-corrected chi connectivity index (χ0v) is 27.2. The van der Waals surface area contributed by atoms with Crippen LogP contribution in [0, 0.1) is 0 Å². The van der Waals surface area contributed by atoms with Crippen molar-refractivity contribution >= 4 is 11.0 Å². The summed E-state index contributed by atoms with van der Waals surface area (Å²) in [5.41, 5.74) is 4.45. The molecule has 4 aromatic rings. The second kappa shape index (κ2) is 16.9. The Kier molecular flexibility index (Phi) is 12.7. The second-order valence-corrected chi connectivity index (χ2v) is 11.8. The van der Waals surface area contributed by atoms with E-state index in [1.807, 2.05) is 69.8 Å². The van der Waals surface area contributed by atoms with Gasteiger partial charge in [-0.25, -0.2) is 0 Å². The van der Waals surface area contributed by atoms with Gasteiger partial charge in [-0.2, -0.15) is 0 Å². The third-order valence-electron chi connectivity index (χ3n) is 8.63. The highest BCUT2D eigenvalue weighted by molar-refractivity contribution is 5.85. The van der Waals surface area contributed by atoms with Crippen molar-refractivity contribution in [2.75, 3.05) is 14.2 Å². The molecule has 0 aliphatic rings. The van der Waals surface area contributed by atoms with Gasteiger partial charge in [0, 0.05) is 24.2 Å². The molecule has 0 radical (unpaired) electrons. The maximum atomic E-state index is 14.2. The normalized spacial score (nSPS) is 11.3. The Bertz CT molecular complexity index is 1460. The van der Waals surface area contributed by atoms with Crippen molar-refractivity contribution in [3.05, 3.63) is 81.4 Å². The van der Waals surface area contributed by atoms with Gasteiger partial charge in [-0.05, 0) is 60.4 Å².